The van der Waals surface area contributed by atoms with Crippen LogP contribution in [0.3, 0.4) is 0 Å². The van der Waals surface area contributed by atoms with E-state index in [0.29, 0.717) is 34.8 Å². The topological polar surface area (TPSA) is 108 Å². The number of rotatable bonds is 5. The Kier molecular flexibility index (Phi) is 4.91. The number of aromatic nitrogens is 3. The highest BCUT2D eigenvalue weighted by molar-refractivity contribution is 7.17. The number of thiophene rings is 1. The minimum atomic E-state index is -0.870. The van der Waals surface area contributed by atoms with E-state index < -0.39 is 11.9 Å². The predicted molar refractivity (Wildman–Crippen MR) is 105 cm³/mol. The summed E-state index contributed by atoms with van der Waals surface area (Å²) >= 11 is 1.40. The lowest BCUT2D eigenvalue weighted by Crippen LogP contribution is -2.31. The number of pyridine rings is 1. The minimum absolute atomic E-state index is 0.136. The number of nitrogens with one attached hydrogen (secondary N) is 1. The lowest BCUT2D eigenvalue weighted by atomic mass is 10.1. The molecule has 8 nitrogen and oxygen atoms in total. The predicted octanol–water partition coefficient (Wildman–Crippen LogP) is 2.81. The number of anilines is 1. The second kappa shape index (κ2) is 7.51. The number of hydrogen-bond donors (Lipinski definition) is 2. The lowest BCUT2D eigenvalue weighted by molar-refractivity contribution is -0.141. The quantitative estimate of drug-likeness (QED) is 0.681. The molecule has 0 aromatic carbocycles. The molecular weight excluding hydrogens is 378 g/mol. The number of hydrogen-bond acceptors (Lipinski definition) is 7. The third-order valence-corrected chi connectivity index (χ3v) is 5.72. The zero-order valence-corrected chi connectivity index (χ0v) is 16.0. The first kappa shape index (κ1) is 18.3. The summed E-state index contributed by atoms with van der Waals surface area (Å²) in [5, 5.41) is 14.3. The van der Waals surface area contributed by atoms with Gasteiger partial charge in [0.15, 0.2) is 5.69 Å². The van der Waals surface area contributed by atoms with Gasteiger partial charge in [-0.15, -0.1) is 11.3 Å². The second-order valence-electron chi connectivity index (χ2n) is 6.73. The molecule has 9 heteroatoms. The zero-order chi connectivity index (χ0) is 19.7. The number of carbonyl (C=O) groups is 2. The Hall–Kier alpha value is -3.07. The normalized spacial score (nSPS) is 17.6. The van der Waals surface area contributed by atoms with E-state index in [-0.39, 0.29) is 18.5 Å². The van der Waals surface area contributed by atoms with Gasteiger partial charge in [0, 0.05) is 19.3 Å². The molecule has 28 heavy (non-hydrogen) atoms. The molecule has 1 aliphatic heterocycles. The first-order valence-electron chi connectivity index (χ1n) is 8.97. The Morgan fingerprint density at radius 2 is 2.18 bits per heavy atom. The van der Waals surface area contributed by atoms with Gasteiger partial charge in [-0.25, -0.2) is 9.97 Å². The van der Waals surface area contributed by atoms with Crippen molar-refractivity contribution in [3.05, 3.63) is 47.2 Å². The number of amides is 1. The smallest absolute Gasteiger partial charge is 0.308 e. The van der Waals surface area contributed by atoms with E-state index in [4.69, 9.17) is 0 Å². The Morgan fingerprint density at radius 1 is 1.32 bits per heavy atom. The highest BCUT2D eigenvalue weighted by atomic mass is 32.1. The first-order chi connectivity index (χ1) is 13.5. The molecule has 4 rings (SSSR count). The van der Waals surface area contributed by atoms with Crippen molar-refractivity contribution in [2.24, 2.45) is 5.92 Å². The monoisotopic (exact) mass is 397 g/mol. The average Bonchev–Trinajstić information content (AvgIpc) is 3.37. The number of nitrogens with zero attached hydrogens (tertiary/aromatic N) is 4. The summed E-state index contributed by atoms with van der Waals surface area (Å²) in [5.41, 5.74) is 1.84. The SMILES string of the molecule is C[C@H](Nc1nc(C(=O)N2CCC(C(=O)O)C2)c2sccc2n1)c1ccccn1. The Balaban J connectivity index is 1.62. The van der Waals surface area contributed by atoms with Gasteiger partial charge >= 0.3 is 5.97 Å². The number of carboxylic acid groups (broad SMARTS) is 1. The number of carbonyl (C=O) groups excluding carboxylic acids is 1. The van der Waals surface area contributed by atoms with E-state index in [1.807, 2.05) is 36.6 Å². The van der Waals surface area contributed by atoms with Crippen LogP contribution in [0, 0.1) is 5.92 Å². The first-order valence-corrected chi connectivity index (χ1v) is 9.85. The summed E-state index contributed by atoms with van der Waals surface area (Å²) in [6.07, 6.45) is 2.18. The van der Waals surface area contributed by atoms with Gasteiger partial charge in [0.2, 0.25) is 5.95 Å². The van der Waals surface area contributed by atoms with Crippen molar-refractivity contribution in [1.29, 1.82) is 0 Å². The molecule has 1 fully saturated rings. The molecule has 1 aliphatic rings. The summed E-state index contributed by atoms with van der Waals surface area (Å²) in [4.78, 5) is 39.1. The molecule has 0 saturated carbocycles. The van der Waals surface area contributed by atoms with Gasteiger partial charge < -0.3 is 15.3 Å². The van der Waals surface area contributed by atoms with E-state index >= 15 is 0 Å². The van der Waals surface area contributed by atoms with Crippen LogP contribution in [0.4, 0.5) is 5.95 Å². The van der Waals surface area contributed by atoms with Crippen LogP contribution >= 0.6 is 11.3 Å². The maximum absolute atomic E-state index is 13.0. The molecule has 0 spiro atoms. The summed E-state index contributed by atoms with van der Waals surface area (Å²) in [5.74, 6) is -1.30. The molecule has 0 bridgehead atoms. The maximum Gasteiger partial charge on any atom is 0.308 e. The summed E-state index contributed by atoms with van der Waals surface area (Å²) in [6.45, 7) is 2.57. The van der Waals surface area contributed by atoms with Gasteiger partial charge in [-0.3, -0.25) is 14.6 Å². The van der Waals surface area contributed by atoms with Crippen LogP contribution in [-0.2, 0) is 4.79 Å². The van der Waals surface area contributed by atoms with Gasteiger partial charge in [-0.2, -0.15) is 0 Å². The third-order valence-electron chi connectivity index (χ3n) is 4.81. The number of carboxylic acids is 1. The lowest BCUT2D eigenvalue weighted by Gasteiger charge is -2.17. The van der Waals surface area contributed by atoms with Crippen molar-refractivity contribution < 1.29 is 14.7 Å². The van der Waals surface area contributed by atoms with Crippen LogP contribution in [0.1, 0.15) is 35.6 Å². The van der Waals surface area contributed by atoms with Gasteiger partial charge in [0.05, 0.1) is 27.9 Å². The van der Waals surface area contributed by atoms with Gasteiger partial charge in [-0.1, -0.05) is 6.07 Å². The molecule has 4 heterocycles. The molecule has 2 N–H and O–H groups in total. The van der Waals surface area contributed by atoms with Crippen LogP contribution in [0.25, 0.3) is 10.2 Å². The fraction of sp³-hybridized carbons (Fsp3) is 0.316. The van der Waals surface area contributed by atoms with E-state index in [9.17, 15) is 14.7 Å². The summed E-state index contributed by atoms with van der Waals surface area (Å²) in [7, 11) is 0. The van der Waals surface area contributed by atoms with Crippen LogP contribution in [-0.4, -0.2) is 49.9 Å². The number of likely N-dealkylation sites (tertiary alicyclic amines) is 1. The van der Waals surface area contributed by atoms with Crippen molar-refractivity contribution in [2.45, 2.75) is 19.4 Å². The zero-order valence-electron chi connectivity index (χ0n) is 15.2. The Labute approximate surface area is 165 Å². The van der Waals surface area contributed by atoms with Gasteiger partial charge in [0.1, 0.15) is 0 Å². The van der Waals surface area contributed by atoms with E-state index in [1.54, 1.807) is 11.1 Å². The number of fused-ring (bicyclic) bond motifs is 1. The van der Waals surface area contributed by atoms with E-state index in [0.717, 1.165) is 5.69 Å². The molecule has 0 radical (unpaired) electrons. The van der Waals surface area contributed by atoms with Crippen molar-refractivity contribution in [2.75, 3.05) is 18.4 Å². The van der Waals surface area contributed by atoms with Crippen LogP contribution in [0.2, 0.25) is 0 Å². The third kappa shape index (κ3) is 3.53. The molecule has 1 amide bonds. The molecule has 1 unspecified atom stereocenters. The average molecular weight is 397 g/mol. The molecule has 2 atom stereocenters. The minimum Gasteiger partial charge on any atom is -0.481 e. The fourth-order valence-corrected chi connectivity index (χ4v) is 4.08. The van der Waals surface area contributed by atoms with Crippen molar-refractivity contribution >= 4 is 39.4 Å². The molecule has 3 aromatic rings. The molecule has 144 valence electrons. The fourth-order valence-electron chi connectivity index (χ4n) is 3.27. The van der Waals surface area contributed by atoms with Crippen molar-refractivity contribution in [3.63, 3.8) is 0 Å². The summed E-state index contributed by atoms with van der Waals surface area (Å²) in [6, 6.07) is 7.37. The molecule has 0 aliphatic carbocycles. The van der Waals surface area contributed by atoms with Crippen LogP contribution in [0.5, 0.6) is 0 Å². The standard InChI is InChI=1S/C19H19N5O3S/c1-11(13-4-2-3-7-20-13)21-19-22-14-6-9-28-16(14)15(23-19)17(25)24-8-5-12(10-24)18(26)27/h2-4,6-7,9,11-12H,5,8,10H2,1H3,(H,26,27)(H,21,22,23)/t11-,12?/m0/s1. The van der Waals surface area contributed by atoms with E-state index in [2.05, 4.69) is 20.3 Å². The van der Waals surface area contributed by atoms with Gasteiger partial charge in [0.25, 0.3) is 5.91 Å². The molecular formula is C19H19N5O3S. The van der Waals surface area contributed by atoms with Crippen LogP contribution in [0.15, 0.2) is 35.8 Å². The van der Waals surface area contributed by atoms with Crippen molar-refractivity contribution in [1.82, 2.24) is 19.9 Å². The number of aliphatic carboxylic acids is 1. The largest absolute Gasteiger partial charge is 0.481 e. The highest BCUT2D eigenvalue weighted by Crippen LogP contribution is 2.27. The van der Waals surface area contributed by atoms with Crippen molar-refractivity contribution in [3.8, 4) is 0 Å². The highest BCUT2D eigenvalue weighted by Gasteiger charge is 2.33. The Morgan fingerprint density at radius 3 is 2.89 bits per heavy atom. The summed E-state index contributed by atoms with van der Waals surface area (Å²) < 4.78 is 0.708. The van der Waals surface area contributed by atoms with Gasteiger partial charge in [-0.05, 0) is 36.9 Å². The van der Waals surface area contributed by atoms with Crippen LogP contribution < -0.4 is 5.32 Å². The second-order valence-corrected chi connectivity index (χ2v) is 7.64. The van der Waals surface area contributed by atoms with E-state index in [1.165, 1.54) is 11.3 Å². The molecule has 3 aromatic heterocycles. The Bertz CT molecular complexity index is 1020. The maximum atomic E-state index is 13.0. The molecule has 1 saturated heterocycles.